The van der Waals surface area contributed by atoms with Crippen molar-refractivity contribution in [2.45, 2.75) is 39.7 Å². The van der Waals surface area contributed by atoms with Crippen molar-refractivity contribution < 1.29 is 14.6 Å². The van der Waals surface area contributed by atoms with Crippen molar-refractivity contribution in [2.24, 2.45) is 0 Å². The molecule has 3 aromatic carbocycles. The molecule has 0 fully saturated rings. The van der Waals surface area contributed by atoms with Crippen LogP contribution in [0, 0.1) is 6.92 Å². The Balaban J connectivity index is 1.70. The normalized spacial score (nSPS) is 10.6. The smallest absolute Gasteiger partial charge is 0.303 e. The topological polar surface area (TPSA) is 46.5 Å². The van der Waals surface area contributed by atoms with Gasteiger partial charge in [-0.15, -0.1) is 0 Å². The summed E-state index contributed by atoms with van der Waals surface area (Å²) in [5.74, 6) is 0.00899. The molecule has 144 valence electrons. The number of rotatable bonds is 8. The van der Waals surface area contributed by atoms with Crippen LogP contribution in [0.4, 0.5) is 0 Å². The fourth-order valence-electron chi connectivity index (χ4n) is 3.42. The first-order valence-corrected chi connectivity index (χ1v) is 9.68. The molecule has 0 bridgehead atoms. The van der Waals surface area contributed by atoms with E-state index >= 15 is 0 Å². The molecule has 3 rings (SSSR count). The minimum absolute atomic E-state index is 0.144. The quantitative estimate of drug-likeness (QED) is 0.540. The number of carboxylic acids is 1. The first kappa shape index (κ1) is 19.7. The summed E-state index contributed by atoms with van der Waals surface area (Å²) in [6.07, 6.45) is 1.69. The van der Waals surface area contributed by atoms with Gasteiger partial charge < -0.3 is 9.84 Å². The van der Waals surface area contributed by atoms with E-state index < -0.39 is 5.97 Å². The van der Waals surface area contributed by atoms with Crippen molar-refractivity contribution in [1.29, 1.82) is 0 Å². The molecule has 0 spiro atoms. The van der Waals surface area contributed by atoms with Gasteiger partial charge in [0.2, 0.25) is 0 Å². The Kier molecular flexibility index (Phi) is 6.49. The lowest BCUT2D eigenvalue weighted by atomic mass is 9.93. The van der Waals surface area contributed by atoms with Gasteiger partial charge in [-0.05, 0) is 71.3 Å². The lowest BCUT2D eigenvalue weighted by molar-refractivity contribution is -0.136. The van der Waals surface area contributed by atoms with Crippen molar-refractivity contribution in [1.82, 2.24) is 0 Å². The molecule has 3 nitrogen and oxygen atoms in total. The Morgan fingerprint density at radius 2 is 1.71 bits per heavy atom. The van der Waals surface area contributed by atoms with E-state index in [4.69, 9.17) is 9.84 Å². The maximum atomic E-state index is 10.7. The van der Waals surface area contributed by atoms with Crippen LogP contribution >= 0.6 is 0 Å². The standard InChI is InChI=1S/C25H26O3/c1-3-21-8-4-6-18(2)25(21)22-9-5-7-20(16-22)17-28-23-13-10-19(11-14-23)12-15-24(26)27/h4-11,13-14,16H,3,12,15,17H2,1-2H3,(H,26,27). The van der Waals surface area contributed by atoms with Crippen LogP contribution in [0.1, 0.15) is 35.6 Å². The summed E-state index contributed by atoms with van der Waals surface area (Å²) in [5, 5.41) is 8.77. The number of carbonyl (C=O) groups is 1. The predicted octanol–water partition coefficient (Wildman–Crippen LogP) is 5.82. The van der Waals surface area contributed by atoms with Crippen LogP contribution in [0.25, 0.3) is 11.1 Å². The number of carboxylic acid groups (broad SMARTS) is 1. The summed E-state index contributed by atoms with van der Waals surface area (Å²) in [6.45, 7) is 4.84. The zero-order valence-corrected chi connectivity index (χ0v) is 16.4. The number of hydrogen-bond acceptors (Lipinski definition) is 2. The largest absolute Gasteiger partial charge is 0.489 e. The summed E-state index contributed by atoms with van der Waals surface area (Å²) in [5.41, 5.74) is 7.31. The summed E-state index contributed by atoms with van der Waals surface area (Å²) in [4.78, 5) is 10.7. The number of aryl methyl sites for hydroxylation is 3. The molecule has 28 heavy (non-hydrogen) atoms. The summed E-state index contributed by atoms with van der Waals surface area (Å²) in [7, 11) is 0. The monoisotopic (exact) mass is 374 g/mol. The van der Waals surface area contributed by atoms with Gasteiger partial charge in [-0.2, -0.15) is 0 Å². The molecule has 0 atom stereocenters. The van der Waals surface area contributed by atoms with Gasteiger partial charge in [0.25, 0.3) is 0 Å². The van der Waals surface area contributed by atoms with E-state index in [0.717, 1.165) is 23.3 Å². The molecule has 0 unspecified atom stereocenters. The molecule has 3 aromatic rings. The summed E-state index contributed by atoms with van der Waals surface area (Å²) >= 11 is 0. The molecular formula is C25H26O3. The van der Waals surface area contributed by atoms with E-state index in [0.29, 0.717) is 13.0 Å². The van der Waals surface area contributed by atoms with Crippen LogP contribution in [-0.4, -0.2) is 11.1 Å². The minimum atomic E-state index is -0.778. The fraction of sp³-hybridized carbons (Fsp3) is 0.240. The van der Waals surface area contributed by atoms with Crippen LogP contribution in [0.3, 0.4) is 0 Å². The van der Waals surface area contributed by atoms with Gasteiger partial charge in [-0.1, -0.05) is 55.5 Å². The second-order valence-electron chi connectivity index (χ2n) is 6.99. The third kappa shape index (κ3) is 5.01. The molecule has 0 saturated carbocycles. The predicted molar refractivity (Wildman–Crippen MR) is 113 cm³/mol. The van der Waals surface area contributed by atoms with E-state index in [2.05, 4.69) is 56.3 Å². The highest BCUT2D eigenvalue weighted by atomic mass is 16.5. The van der Waals surface area contributed by atoms with Crippen molar-refractivity contribution in [3.63, 3.8) is 0 Å². The van der Waals surface area contributed by atoms with Crippen molar-refractivity contribution in [3.8, 4) is 16.9 Å². The molecule has 1 N–H and O–H groups in total. The second-order valence-corrected chi connectivity index (χ2v) is 6.99. The highest BCUT2D eigenvalue weighted by Gasteiger charge is 2.08. The molecule has 0 saturated heterocycles. The van der Waals surface area contributed by atoms with Gasteiger partial charge in [-0.25, -0.2) is 0 Å². The first-order valence-electron chi connectivity index (χ1n) is 9.68. The van der Waals surface area contributed by atoms with Gasteiger partial charge in [0.05, 0.1) is 0 Å². The van der Waals surface area contributed by atoms with Gasteiger partial charge >= 0.3 is 5.97 Å². The van der Waals surface area contributed by atoms with E-state index in [1.165, 1.54) is 22.3 Å². The van der Waals surface area contributed by atoms with Gasteiger partial charge in [0.1, 0.15) is 12.4 Å². The number of aliphatic carboxylic acids is 1. The zero-order chi connectivity index (χ0) is 19.9. The average molecular weight is 374 g/mol. The molecule has 0 aliphatic heterocycles. The molecular weight excluding hydrogens is 348 g/mol. The minimum Gasteiger partial charge on any atom is -0.489 e. The third-order valence-corrected chi connectivity index (χ3v) is 4.91. The first-order chi connectivity index (χ1) is 13.6. The van der Waals surface area contributed by atoms with Gasteiger partial charge in [-0.3, -0.25) is 4.79 Å². The van der Waals surface area contributed by atoms with Crippen molar-refractivity contribution in [2.75, 3.05) is 0 Å². The zero-order valence-electron chi connectivity index (χ0n) is 16.4. The summed E-state index contributed by atoms with van der Waals surface area (Å²) in [6, 6.07) is 22.6. The van der Waals surface area contributed by atoms with Crippen LogP contribution in [-0.2, 0) is 24.2 Å². The average Bonchev–Trinajstić information content (AvgIpc) is 2.71. The van der Waals surface area contributed by atoms with Crippen LogP contribution in [0.2, 0.25) is 0 Å². The number of hydrogen-bond donors (Lipinski definition) is 1. The maximum Gasteiger partial charge on any atom is 0.303 e. The third-order valence-electron chi connectivity index (χ3n) is 4.91. The number of ether oxygens (including phenoxy) is 1. The lowest BCUT2D eigenvalue weighted by Crippen LogP contribution is -1.99. The van der Waals surface area contributed by atoms with E-state index in [9.17, 15) is 4.79 Å². The highest BCUT2D eigenvalue weighted by Crippen LogP contribution is 2.29. The lowest BCUT2D eigenvalue weighted by Gasteiger charge is -2.13. The SMILES string of the molecule is CCc1cccc(C)c1-c1cccc(COc2ccc(CCC(=O)O)cc2)c1. The Hall–Kier alpha value is -3.07. The molecule has 0 amide bonds. The van der Waals surface area contributed by atoms with Gasteiger partial charge in [0.15, 0.2) is 0 Å². The van der Waals surface area contributed by atoms with E-state index in [1.54, 1.807) is 0 Å². The van der Waals surface area contributed by atoms with Gasteiger partial charge in [0, 0.05) is 6.42 Å². The molecule has 0 heterocycles. The van der Waals surface area contributed by atoms with Crippen LogP contribution in [0.15, 0.2) is 66.7 Å². The maximum absolute atomic E-state index is 10.7. The molecule has 0 aromatic heterocycles. The molecule has 0 aliphatic carbocycles. The molecule has 3 heteroatoms. The second kappa shape index (κ2) is 9.23. The Bertz CT molecular complexity index is 942. The van der Waals surface area contributed by atoms with Crippen LogP contribution in [0.5, 0.6) is 5.75 Å². The molecule has 0 aliphatic rings. The highest BCUT2D eigenvalue weighted by molar-refractivity contribution is 5.71. The van der Waals surface area contributed by atoms with E-state index in [-0.39, 0.29) is 6.42 Å². The van der Waals surface area contributed by atoms with Crippen LogP contribution < -0.4 is 4.74 Å². The summed E-state index contributed by atoms with van der Waals surface area (Å²) < 4.78 is 5.93. The van der Waals surface area contributed by atoms with Crippen molar-refractivity contribution in [3.05, 3.63) is 89.0 Å². The Morgan fingerprint density at radius 3 is 2.43 bits per heavy atom. The Labute approximate surface area is 166 Å². The van der Waals surface area contributed by atoms with Crippen molar-refractivity contribution >= 4 is 5.97 Å². The fourth-order valence-corrected chi connectivity index (χ4v) is 3.42. The number of benzene rings is 3. The molecule has 0 radical (unpaired) electrons. The van der Waals surface area contributed by atoms with E-state index in [1.807, 2.05) is 24.3 Å². The Morgan fingerprint density at radius 1 is 0.964 bits per heavy atom.